The normalized spacial score (nSPS) is 16.1. The SMILES string of the molecule is CC(C)C[C@H](NC(=O)[C@H](CCCN=C(N)N)NC(=O)[C@H](Cc1ccc([N+](=O)[O-])cc1)NC(=O)[C@H](Cc1ccccc1)NC(=O)[C@H](CCCCN)NC(=O)[C@H](C)NC(=O)[C@@H]1CCCN1C(=O)[C@@H](N)CO)C(=O)O. The van der Waals surface area contributed by atoms with Gasteiger partial charge in [0, 0.05) is 38.1 Å². The lowest BCUT2D eigenvalue weighted by Gasteiger charge is -2.28. The number of guanidine groups is 1. The third kappa shape index (κ3) is 19.5. The Hall–Kier alpha value is -7.25. The summed E-state index contributed by atoms with van der Waals surface area (Å²) in [5.74, 6) is -7.11. The highest BCUT2D eigenvalue weighted by Gasteiger charge is 2.38. The van der Waals surface area contributed by atoms with Crippen molar-refractivity contribution < 1.29 is 53.5 Å². The van der Waals surface area contributed by atoms with Crippen molar-refractivity contribution in [3.63, 3.8) is 0 Å². The smallest absolute Gasteiger partial charge is 0.326 e. The third-order valence-electron chi connectivity index (χ3n) is 11.7. The molecule has 25 heteroatoms. The summed E-state index contributed by atoms with van der Waals surface area (Å²) in [5, 5.41) is 46.5. The molecular weight excluding hydrogens is 939 g/mol. The molecule has 1 aliphatic rings. The number of carbonyl (C=O) groups excluding carboxylic acids is 7. The molecule has 2 aromatic carbocycles. The van der Waals surface area contributed by atoms with Crippen LogP contribution in [0.1, 0.15) is 83.3 Å². The zero-order chi connectivity index (χ0) is 53.5. The zero-order valence-corrected chi connectivity index (χ0v) is 40.9. The molecule has 2 aromatic rings. The van der Waals surface area contributed by atoms with Gasteiger partial charge in [-0.15, -0.1) is 0 Å². The summed E-state index contributed by atoms with van der Waals surface area (Å²) in [7, 11) is 0. The van der Waals surface area contributed by atoms with Crippen LogP contribution >= 0.6 is 0 Å². The molecule has 396 valence electrons. The predicted octanol–water partition coefficient (Wildman–Crippen LogP) is -2.07. The summed E-state index contributed by atoms with van der Waals surface area (Å²) < 4.78 is 0. The fraction of sp³-hybridized carbons (Fsp3) is 0.553. The van der Waals surface area contributed by atoms with Crippen LogP contribution in [0, 0.1) is 16.0 Å². The number of aliphatic hydroxyl groups is 1. The molecule has 16 N–H and O–H groups in total. The first-order valence-corrected chi connectivity index (χ1v) is 23.9. The fourth-order valence-electron chi connectivity index (χ4n) is 7.84. The number of aliphatic hydroxyl groups excluding tert-OH is 1. The van der Waals surface area contributed by atoms with Gasteiger partial charge in [0.25, 0.3) is 5.69 Å². The molecule has 3 rings (SSSR count). The van der Waals surface area contributed by atoms with Crippen LogP contribution in [0.25, 0.3) is 0 Å². The minimum Gasteiger partial charge on any atom is -0.480 e. The van der Waals surface area contributed by atoms with Crippen LogP contribution in [0.3, 0.4) is 0 Å². The maximum Gasteiger partial charge on any atom is 0.326 e. The van der Waals surface area contributed by atoms with Gasteiger partial charge in [-0.25, -0.2) is 4.79 Å². The number of carbonyl (C=O) groups is 8. The first kappa shape index (κ1) is 59.1. The summed E-state index contributed by atoms with van der Waals surface area (Å²) in [6.07, 6.45) is 1.38. The minimum absolute atomic E-state index is 0.0461. The molecule has 0 radical (unpaired) electrons. The van der Waals surface area contributed by atoms with Crippen LogP contribution in [0.4, 0.5) is 5.69 Å². The maximum absolute atomic E-state index is 14.6. The van der Waals surface area contributed by atoms with Gasteiger partial charge in [0.15, 0.2) is 5.96 Å². The fourth-order valence-corrected chi connectivity index (χ4v) is 7.84. The van der Waals surface area contributed by atoms with Crippen molar-refractivity contribution >= 4 is 59.0 Å². The number of amides is 7. The van der Waals surface area contributed by atoms with Crippen LogP contribution in [-0.2, 0) is 51.2 Å². The van der Waals surface area contributed by atoms with Crippen molar-refractivity contribution in [3.05, 3.63) is 75.8 Å². The summed E-state index contributed by atoms with van der Waals surface area (Å²) in [6.45, 7) is 4.84. The molecule has 0 aliphatic carbocycles. The van der Waals surface area contributed by atoms with E-state index in [1.54, 1.807) is 44.2 Å². The van der Waals surface area contributed by atoms with Gasteiger partial charge in [-0.1, -0.05) is 56.3 Å². The highest BCUT2D eigenvalue weighted by atomic mass is 16.6. The Labute approximate surface area is 417 Å². The molecule has 1 saturated heterocycles. The van der Waals surface area contributed by atoms with Gasteiger partial charge in [-0.2, -0.15) is 0 Å². The maximum atomic E-state index is 14.6. The van der Waals surface area contributed by atoms with E-state index in [4.69, 9.17) is 22.9 Å². The molecule has 72 heavy (non-hydrogen) atoms. The summed E-state index contributed by atoms with van der Waals surface area (Å²) in [6, 6.07) is 3.45. The van der Waals surface area contributed by atoms with E-state index in [1.165, 1.54) is 36.1 Å². The topological polar surface area (TPSA) is 412 Å². The monoisotopic (exact) mass is 1010 g/mol. The first-order valence-electron chi connectivity index (χ1n) is 23.9. The van der Waals surface area contributed by atoms with Gasteiger partial charge < -0.3 is 69.9 Å². The number of benzene rings is 2. The molecule has 0 saturated carbocycles. The Morgan fingerprint density at radius 1 is 0.736 bits per heavy atom. The van der Waals surface area contributed by atoms with Crippen LogP contribution in [-0.4, -0.2) is 148 Å². The van der Waals surface area contributed by atoms with Gasteiger partial charge in [0.1, 0.15) is 48.3 Å². The van der Waals surface area contributed by atoms with Crippen LogP contribution in [0.2, 0.25) is 0 Å². The second-order valence-electron chi connectivity index (χ2n) is 18.0. The van der Waals surface area contributed by atoms with E-state index in [0.29, 0.717) is 30.4 Å². The van der Waals surface area contributed by atoms with Crippen LogP contribution in [0.5, 0.6) is 0 Å². The molecule has 7 amide bonds. The van der Waals surface area contributed by atoms with Crippen molar-refractivity contribution in [2.24, 2.45) is 33.8 Å². The number of rotatable bonds is 30. The molecule has 0 unspecified atom stereocenters. The summed E-state index contributed by atoms with van der Waals surface area (Å²) in [4.78, 5) is 125. The number of nitrogens with one attached hydrogen (secondary N) is 6. The van der Waals surface area contributed by atoms with E-state index in [9.17, 15) is 58.7 Å². The number of carboxylic acids is 1. The second-order valence-corrected chi connectivity index (χ2v) is 18.0. The molecule has 1 aliphatic heterocycles. The molecule has 0 bridgehead atoms. The average molecular weight is 1010 g/mol. The number of nitro benzene ring substituents is 1. The number of nitrogens with two attached hydrogens (primary N) is 4. The standard InChI is InChI=1S/C47H71N13O12/c1-27(2)23-37(46(69)70)58-41(64)34(14-9-21-52-47(50)51)55-42(65)36(25-30-16-18-31(19-17-30)60(71)72)57-43(66)35(24-29-11-5-4-6-12-29)56-40(63)33(13-7-8-20-48)54-39(62)28(3)53-44(67)38-15-10-22-59(38)45(68)32(49)26-61/h4-6,11-12,16-19,27-28,32-38,61H,7-10,13-15,20-26,48-49H2,1-3H3,(H,53,67)(H,54,62)(H,55,65)(H,56,63)(H,57,66)(H,58,64)(H,69,70)(H4,50,51,52)/t28-,32-,33-,34-,35-,36-,37-,38-/m0/s1. The number of hydrogen-bond donors (Lipinski definition) is 12. The number of hydrogen-bond acceptors (Lipinski definition) is 14. The predicted molar refractivity (Wildman–Crippen MR) is 264 cm³/mol. The number of nitro groups is 1. The second kappa shape index (κ2) is 29.8. The summed E-state index contributed by atoms with van der Waals surface area (Å²) >= 11 is 0. The van der Waals surface area contributed by atoms with Gasteiger partial charge in [-0.3, -0.25) is 48.7 Å². The molecule has 1 heterocycles. The number of unbranched alkanes of at least 4 members (excludes halogenated alkanes) is 1. The Balaban J connectivity index is 1.96. The molecule has 1 fully saturated rings. The highest BCUT2D eigenvalue weighted by molar-refractivity contribution is 5.97. The van der Waals surface area contributed by atoms with E-state index in [1.807, 2.05) is 0 Å². The quantitative estimate of drug-likeness (QED) is 0.0132. The Kier molecular flexibility index (Phi) is 24.5. The van der Waals surface area contributed by atoms with Crippen molar-refractivity contribution in [1.82, 2.24) is 36.8 Å². The first-order chi connectivity index (χ1) is 34.1. The largest absolute Gasteiger partial charge is 0.480 e. The molecule has 0 aromatic heterocycles. The van der Waals surface area contributed by atoms with Gasteiger partial charge in [0.2, 0.25) is 41.4 Å². The number of carboxylic acid groups (broad SMARTS) is 1. The van der Waals surface area contributed by atoms with E-state index in [-0.39, 0.29) is 82.1 Å². The Bertz CT molecular complexity index is 2190. The third-order valence-corrected chi connectivity index (χ3v) is 11.7. The van der Waals surface area contributed by atoms with E-state index >= 15 is 0 Å². The molecule has 8 atom stereocenters. The van der Waals surface area contributed by atoms with E-state index < -0.39 is 107 Å². The lowest BCUT2D eigenvalue weighted by molar-refractivity contribution is -0.384. The van der Waals surface area contributed by atoms with Crippen molar-refractivity contribution in [1.29, 1.82) is 0 Å². The van der Waals surface area contributed by atoms with Gasteiger partial charge in [-0.05, 0) is 81.9 Å². The number of nitrogens with zero attached hydrogens (tertiary/aromatic N) is 3. The lowest BCUT2D eigenvalue weighted by atomic mass is 10.0. The number of aliphatic carboxylic acids is 1. The summed E-state index contributed by atoms with van der Waals surface area (Å²) in [5.41, 5.74) is 23.1. The Morgan fingerprint density at radius 2 is 1.25 bits per heavy atom. The number of non-ortho nitro benzene ring substituents is 1. The molecule has 0 spiro atoms. The molecule has 25 nitrogen and oxygen atoms in total. The molecular formula is C47H71N13O12. The lowest BCUT2D eigenvalue weighted by Crippen LogP contribution is -2.60. The highest BCUT2D eigenvalue weighted by Crippen LogP contribution is 2.19. The van der Waals surface area contributed by atoms with Crippen LogP contribution in [0.15, 0.2) is 59.6 Å². The van der Waals surface area contributed by atoms with E-state index in [0.717, 1.165) is 0 Å². The zero-order valence-electron chi connectivity index (χ0n) is 40.9. The van der Waals surface area contributed by atoms with Crippen molar-refractivity contribution in [2.75, 3.05) is 26.2 Å². The number of likely N-dealkylation sites (tertiary alicyclic amines) is 1. The number of aliphatic imine (C=N–C) groups is 1. The Morgan fingerprint density at radius 3 is 1.76 bits per heavy atom. The van der Waals surface area contributed by atoms with Crippen LogP contribution < -0.4 is 54.8 Å². The average Bonchev–Trinajstić information content (AvgIpc) is 3.84. The van der Waals surface area contributed by atoms with Crippen molar-refractivity contribution in [2.45, 2.75) is 133 Å². The van der Waals surface area contributed by atoms with Crippen molar-refractivity contribution in [3.8, 4) is 0 Å². The van der Waals surface area contributed by atoms with E-state index in [2.05, 4.69) is 36.9 Å². The van der Waals surface area contributed by atoms with Gasteiger partial charge in [0.05, 0.1) is 11.5 Å². The minimum atomic E-state index is -1.51. The van der Waals surface area contributed by atoms with Gasteiger partial charge >= 0.3 is 5.97 Å².